The van der Waals surface area contributed by atoms with Gasteiger partial charge in [0.2, 0.25) is 0 Å². The fourth-order valence-electron chi connectivity index (χ4n) is 0.667. The quantitative estimate of drug-likeness (QED) is 0.554. The van der Waals surface area contributed by atoms with Crippen LogP contribution in [0.5, 0.6) is 0 Å². The molecule has 0 spiro atoms. The number of allylic oxidation sites excluding steroid dienone is 1. The van der Waals surface area contributed by atoms with Crippen molar-refractivity contribution >= 4 is 6.20 Å². The highest BCUT2D eigenvalue weighted by molar-refractivity contribution is 5.20. The van der Waals surface area contributed by atoms with E-state index < -0.39 is 0 Å². The highest BCUT2D eigenvalue weighted by Gasteiger charge is 1.84. The average Bonchev–Trinajstić information content (AvgIpc) is 2.17. The molecule has 0 N–H and O–H groups in total. The molecule has 0 aliphatic carbocycles. The maximum atomic E-state index is 4.04. The maximum absolute atomic E-state index is 4.04. The van der Waals surface area contributed by atoms with Crippen LogP contribution in [0.4, 0.5) is 0 Å². The molecule has 0 atom stereocenters. The second kappa shape index (κ2) is 2.49. The Balaban J connectivity index is 2.85. The van der Waals surface area contributed by atoms with Gasteiger partial charge in [-0.25, -0.2) is 4.68 Å². The fraction of sp³-hybridized carbons (Fsp3) is 0.286. The summed E-state index contributed by atoms with van der Waals surface area (Å²) >= 11 is 0. The molecule has 0 bridgehead atoms. The molecular weight excluding hydrogens is 112 g/mol. The molecule has 2 heteroatoms. The third-order valence-electron chi connectivity index (χ3n) is 1.03. The first-order chi connectivity index (χ1) is 4.33. The van der Waals surface area contributed by atoms with Crippen molar-refractivity contribution < 1.29 is 0 Å². The first-order valence-electron chi connectivity index (χ1n) is 2.96. The monoisotopic (exact) mass is 122 g/mol. The van der Waals surface area contributed by atoms with E-state index in [4.69, 9.17) is 0 Å². The lowest BCUT2D eigenvalue weighted by Gasteiger charge is -1.84. The lowest BCUT2D eigenvalue weighted by Crippen LogP contribution is -1.82. The summed E-state index contributed by atoms with van der Waals surface area (Å²) in [5, 5.41) is 4.04. The summed E-state index contributed by atoms with van der Waals surface area (Å²) in [6.07, 6.45) is 7.67. The second-order valence-corrected chi connectivity index (χ2v) is 1.98. The number of aryl methyl sites for hydroxylation is 1. The molecule has 0 amide bonds. The summed E-state index contributed by atoms with van der Waals surface area (Å²) in [5.74, 6) is 0. The van der Waals surface area contributed by atoms with Gasteiger partial charge in [-0.3, -0.25) is 0 Å². The van der Waals surface area contributed by atoms with Crippen molar-refractivity contribution in [3.05, 3.63) is 24.0 Å². The summed E-state index contributed by atoms with van der Waals surface area (Å²) < 4.78 is 1.79. The Morgan fingerprint density at radius 2 is 2.44 bits per heavy atom. The molecule has 0 radical (unpaired) electrons. The van der Waals surface area contributed by atoms with Gasteiger partial charge < -0.3 is 0 Å². The zero-order valence-corrected chi connectivity index (χ0v) is 5.70. The Hall–Kier alpha value is -1.05. The zero-order chi connectivity index (χ0) is 6.69. The van der Waals surface area contributed by atoms with Crippen molar-refractivity contribution in [3.63, 3.8) is 0 Å². The number of hydrogen-bond donors (Lipinski definition) is 0. The van der Waals surface area contributed by atoms with E-state index in [1.165, 1.54) is 5.56 Å². The molecular formula is C7H10N2. The minimum Gasteiger partial charge on any atom is -0.248 e. The summed E-state index contributed by atoms with van der Waals surface area (Å²) in [6.45, 7) is 3.99. The number of aromatic nitrogens is 2. The standard InChI is InChI=1S/C7H10N2/c1-3-4-9-6-7(2)5-8-9/h3-6H,1-2H3/b4-3+. The van der Waals surface area contributed by atoms with Crippen LogP contribution in [-0.2, 0) is 0 Å². The summed E-state index contributed by atoms with van der Waals surface area (Å²) in [5.41, 5.74) is 1.19. The van der Waals surface area contributed by atoms with Gasteiger partial charge >= 0.3 is 0 Å². The molecule has 1 aromatic rings. The molecule has 0 saturated heterocycles. The van der Waals surface area contributed by atoms with Crippen LogP contribution >= 0.6 is 0 Å². The van der Waals surface area contributed by atoms with E-state index in [9.17, 15) is 0 Å². The largest absolute Gasteiger partial charge is 0.248 e. The van der Waals surface area contributed by atoms with Crippen LogP contribution in [0.1, 0.15) is 12.5 Å². The van der Waals surface area contributed by atoms with Crippen molar-refractivity contribution in [2.24, 2.45) is 0 Å². The van der Waals surface area contributed by atoms with Gasteiger partial charge in [-0.2, -0.15) is 5.10 Å². The molecule has 0 saturated carbocycles. The zero-order valence-electron chi connectivity index (χ0n) is 5.70. The number of rotatable bonds is 1. The Morgan fingerprint density at radius 3 is 2.89 bits per heavy atom. The van der Waals surface area contributed by atoms with Crippen LogP contribution in [-0.4, -0.2) is 9.78 Å². The maximum Gasteiger partial charge on any atom is 0.0523 e. The number of nitrogens with zero attached hydrogens (tertiary/aromatic N) is 2. The molecule has 1 rings (SSSR count). The van der Waals surface area contributed by atoms with Gasteiger partial charge in [-0.1, -0.05) is 6.08 Å². The molecule has 0 unspecified atom stereocenters. The third-order valence-corrected chi connectivity index (χ3v) is 1.03. The van der Waals surface area contributed by atoms with Gasteiger partial charge in [0.25, 0.3) is 0 Å². The van der Waals surface area contributed by atoms with Crippen molar-refractivity contribution in [2.75, 3.05) is 0 Å². The summed E-state index contributed by atoms with van der Waals surface area (Å²) in [7, 11) is 0. The van der Waals surface area contributed by atoms with Gasteiger partial charge in [-0.05, 0) is 19.4 Å². The summed E-state index contributed by atoms with van der Waals surface area (Å²) in [4.78, 5) is 0. The molecule has 0 aromatic carbocycles. The van der Waals surface area contributed by atoms with E-state index >= 15 is 0 Å². The van der Waals surface area contributed by atoms with Crippen LogP contribution in [0.3, 0.4) is 0 Å². The molecule has 0 aliphatic rings. The minimum atomic E-state index is 1.19. The van der Waals surface area contributed by atoms with Crippen LogP contribution in [0, 0.1) is 6.92 Å². The lowest BCUT2D eigenvalue weighted by atomic mass is 10.4. The first-order valence-corrected chi connectivity index (χ1v) is 2.96. The molecule has 1 aromatic heterocycles. The van der Waals surface area contributed by atoms with Crippen molar-refractivity contribution in [1.82, 2.24) is 9.78 Å². The normalized spacial score (nSPS) is 10.9. The van der Waals surface area contributed by atoms with E-state index in [1.54, 1.807) is 4.68 Å². The van der Waals surface area contributed by atoms with E-state index in [2.05, 4.69) is 5.10 Å². The van der Waals surface area contributed by atoms with Crippen LogP contribution in [0.15, 0.2) is 18.5 Å². The van der Waals surface area contributed by atoms with E-state index in [1.807, 2.05) is 38.5 Å². The van der Waals surface area contributed by atoms with Crippen LogP contribution < -0.4 is 0 Å². The SMILES string of the molecule is C/C=C/n1cc(C)cn1. The predicted molar refractivity (Wildman–Crippen MR) is 38.0 cm³/mol. The molecule has 2 nitrogen and oxygen atoms in total. The molecule has 1 heterocycles. The van der Waals surface area contributed by atoms with Crippen LogP contribution in [0.25, 0.3) is 6.20 Å². The molecule has 0 fully saturated rings. The van der Waals surface area contributed by atoms with Crippen molar-refractivity contribution in [1.29, 1.82) is 0 Å². The topological polar surface area (TPSA) is 17.8 Å². The minimum absolute atomic E-state index is 1.19. The highest BCUT2D eigenvalue weighted by atomic mass is 15.2. The molecule has 48 valence electrons. The van der Waals surface area contributed by atoms with E-state index in [-0.39, 0.29) is 0 Å². The number of hydrogen-bond acceptors (Lipinski definition) is 1. The van der Waals surface area contributed by atoms with Gasteiger partial charge in [0.1, 0.15) is 0 Å². The van der Waals surface area contributed by atoms with E-state index in [0.717, 1.165) is 0 Å². The summed E-state index contributed by atoms with van der Waals surface area (Å²) in [6, 6.07) is 0. The van der Waals surface area contributed by atoms with Crippen molar-refractivity contribution in [2.45, 2.75) is 13.8 Å². The van der Waals surface area contributed by atoms with Gasteiger partial charge in [-0.15, -0.1) is 0 Å². The average molecular weight is 122 g/mol. The highest BCUT2D eigenvalue weighted by Crippen LogP contribution is 1.93. The first kappa shape index (κ1) is 6.08. The van der Waals surface area contributed by atoms with Crippen LogP contribution in [0.2, 0.25) is 0 Å². The van der Waals surface area contributed by atoms with Gasteiger partial charge in [0.15, 0.2) is 0 Å². The fourth-order valence-corrected chi connectivity index (χ4v) is 0.667. The Kier molecular flexibility index (Phi) is 1.68. The van der Waals surface area contributed by atoms with Gasteiger partial charge in [0, 0.05) is 12.4 Å². The van der Waals surface area contributed by atoms with E-state index in [0.29, 0.717) is 0 Å². The molecule has 0 aliphatic heterocycles. The van der Waals surface area contributed by atoms with Gasteiger partial charge in [0.05, 0.1) is 6.20 Å². The lowest BCUT2D eigenvalue weighted by molar-refractivity contribution is 0.933. The smallest absolute Gasteiger partial charge is 0.0523 e. The predicted octanol–water partition coefficient (Wildman–Crippen LogP) is 1.68. The molecule has 9 heavy (non-hydrogen) atoms. The second-order valence-electron chi connectivity index (χ2n) is 1.98. The Labute approximate surface area is 54.8 Å². The Bertz CT molecular complexity index is 210. The Morgan fingerprint density at radius 1 is 1.67 bits per heavy atom. The van der Waals surface area contributed by atoms with Crippen molar-refractivity contribution in [3.8, 4) is 0 Å². The third kappa shape index (κ3) is 1.42.